The Morgan fingerprint density at radius 2 is 2.31 bits per heavy atom. The molecule has 86 valence electrons. The van der Waals surface area contributed by atoms with E-state index in [0.29, 0.717) is 13.0 Å². The summed E-state index contributed by atoms with van der Waals surface area (Å²) in [5.41, 5.74) is 1.05. The van der Waals surface area contributed by atoms with E-state index in [9.17, 15) is 5.11 Å². The van der Waals surface area contributed by atoms with Crippen molar-refractivity contribution in [2.75, 3.05) is 20.2 Å². The Kier molecular flexibility index (Phi) is 5.47. The molecule has 0 amide bonds. The van der Waals surface area contributed by atoms with Crippen LogP contribution in [-0.2, 0) is 0 Å². The highest BCUT2D eigenvalue weighted by Gasteiger charge is 2.15. The number of aliphatic hydroxyl groups is 1. The zero-order chi connectivity index (χ0) is 12.0. The summed E-state index contributed by atoms with van der Waals surface area (Å²) in [4.78, 5) is 1.99. The SMILES string of the molecule is CN(CCC#N)[C@@H](CO)c1cccc(Br)c1. The number of aliphatic hydroxyl groups excluding tert-OH is 1. The molecule has 1 rings (SSSR count). The lowest BCUT2D eigenvalue weighted by Gasteiger charge is -2.26. The van der Waals surface area contributed by atoms with Crippen LogP contribution in [0.25, 0.3) is 0 Å². The molecule has 0 heterocycles. The van der Waals surface area contributed by atoms with Crippen LogP contribution >= 0.6 is 15.9 Å². The van der Waals surface area contributed by atoms with Gasteiger partial charge in [0.15, 0.2) is 0 Å². The summed E-state index contributed by atoms with van der Waals surface area (Å²) in [5, 5.41) is 17.9. The van der Waals surface area contributed by atoms with E-state index in [1.54, 1.807) is 0 Å². The minimum absolute atomic E-state index is 0.0501. The molecule has 1 aromatic rings. The molecule has 1 N–H and O–H groups in total. The highest BCUT2D eigenvalue weighted by molar-refractivity contribution is 9.10. The largest absolute Gasteiger partial charge is 0.394 e. The number of nitrogens with zero attached hydrogens (tertiary/aromatic N) is 2. The van der Waals surface area contributed by atoms with Crippen LogP contribution in [0.15, 0.2) is 28.7 Å². The standard InChI is InChI=1S/C12H15BrN2O/c1-15(7-3-6-14)12(9-16)10-4-2-5-11(13)8-10/h2,4-5,8,12,16H,3,7,9H2,1H3/t12-/m0/s1. The molecule has 1 atom stereocenters. The molecule has 4 heteroatoms. The van der Waals surface area contributed by atoms with Gasteiger partial charge in [-0.15, -0.1) is 0 Å². The van der Waals surface area contributed by atoms with E-state index in [4.69, 9.17) is 5.26 Å². The van der Waals surface area contributed by atoms with Crippen LogP contribution in [0.5, 0.6) is 0 Å². The molecule has 0 radical (unpaired) electrons. The molecule has 3 nitrogen and oxygen atoms in total. The molecule has 0 spiro atoms. The van der Waals surface area contributed by atoms with Crippen LogP contribution in [-0.4, -0.2) is 30.2 Å². The molecule has 0 aliphatic rings. The first-order valence-electron chi connectivity index (χ1n) is 5.12. The van der Waals surface area contributed by atoms with Gasteiger partial charge in [-0.3, -0.25) is 4.90 Å². The first-order valence-corrected chi connectivity index (χ1v) is 5.92. The predicted molar refractivity (Wildman–Crippen MR) is 66.8 cm³/mol. The number of likely N-dealkylation sites (N-methyl/N-ethyl adjacent to an activating group) is 1. The second-order valence-electron chi connectivity index (χ2n) is 3.64. The van der Waals surface area contributed by atoms with Gasteiger partial charge in [0, 0.05) is 17.4 Å². The minimum Gasteiger partial charge on any atom is -0.394 e. The van der Waals surface area contributed by atoms with Crippen LogP contribution < -0.4 is 0 Å². The third kappa shape index (κ3) is 3.60. The Balaban J connectivity index is 2.78. The molecule has 0 fully saturated rings. The lowest BCUT2D eigenvalue weighted by Crippen LogP contribution is -2.28. The van der Waals surface area contributed by atoms with Gasteiger partial charge >= 0.3 is 0 Å². The zero-order valence-electron chi connectivity index (χ0n) is 9.23. The maximum Gasteiger partial charge on any atom is 0.0635 e. The van der Waals surface area contributed by atoms with Gasteiger partial charge in [-0.05, 0) is 24.7 Å². The molecular formula is C12H15BrN2O. The summed E-state index contributed by atoms with van der Waals surface area (Å²) in [5.74, 6) is 0. The number of nitriles is 1. The number of hydrogen-bond donors (Lipinski definition) is 1. The van der Waals surface area contributed by atoms with Crippen molar-refractivity contribution in [3.63, 3.8) is 0 Å². The Morgan fingerprint density at radius 1 is 1.56 bits per heavy atom. The molecule has 16 heavy (non-hydrogen) atoms. The first-order chi connectivity index (χ1) is 7.69. The van der Waals surface area contributed by atoms with Gasteiger partial charge in [-0.2, -0.15) is 5.26 Å². The van der Waals surface area contributed by atoms with Crippen LogP contribution in [0.1, 0.15) is 18.0 Å². The fraction of sp³-hybridized carbons (Fsp3) is 0.417. The number of benzene rings is 1. The van der Waals surface area contributed by atoms with Gasteiger partial charge in [0.1, 0.15) is 0 Å². The Morgan fingerprint density at radius 3 is 2.88 bits per heavy atom. The smallest absolute Gasteiger partial charge is 0.0635 e. The van der Waals surface area contributed by atoms with E-state index in [2.05, 4.69) is 22.0 Å². The molecule has 0 unspecified atom stereocenters. The molecule has 0 bridgehead atoms. The summed E-state index contributed by atoms with van der Waals surface area (Å²) >= 11 is 3.41. The Labute approximate surface area is 104 Å². The third-order valence-corrected chi connectivity index (χ3v) is 3.01. The van der Waals surface area contributed by atoms with Crippen molar-refractivity contribution in [2.24, 2.45) is 0 Å². The van der Waals surface area contributed by atoms with Crippen molar-refractivity contribution in [3.05, 3.63) is 34.3 Å². The number of hydrogen-bond acceptors (Lipinski definition) is 3. The van der Waals surface area contributed by atoms with Crippen molar-refractivity contribution in [2.45, 2.75) is 12.5 Å². The lowest BCUT2D eigenvalue weighted by molar-refractivity contribution is 0.150. The fourth-order valence-electron chi connectivity index (χ4n) is 1.60. The second-order valence-corrected chi connectivity index (χ2v) is 4.56. The maximum atomic E-state index is 9.40. The van der Waals surface area contributed by atoms with Crippen molar-refractivity contribution in [3.8, 4) is 6.07 Å². The van der Waals surface area contributed by atoms with Crippen molar-refractivity contribution in [1.82, 2.24) is 4.90 Å². The van der Waals surface area contributed by atoms with Crippen molar-refractivity contribution in [1.29, 1.82) is 5.26 Å². The molecule has 0 aromatic heterocycles. The van der Waals surface area contributed by atoms with Gasteiger partial charge in [0.2, 0.25) is 0 Å². The molecular weight excluding hydrogens is 268 g/mol. The second kappa shape index (κ2) is 6.64. The van der Waals surface area contributed by atoms with E-state index in [1.807, 2.05) is 36.2 Å². The number of halogens is 1. The lowest BCUT2D eigenvalue weighted by atomic mass is 10.1. The monoisotopic (exact) mass is 282 g/mol. The van der Waals surface area contributed by atoms with E-state index >= 15 is 0 Å². The van der Waals surface area contributed by atoms with Gasteiger partial charge in [0.25, 0.3) is 0 Å². The molecule has 0 aliphatic carbocycles. The molecule has 0 saturated heterocycles. The van der Waals surface area contributed by atoms with Crippen LogP contribution in [0.4, 0.5) is 0 Å². The molecule has 0 aliphatic heterocycles. The highest BCUT2D eigenvalue weighted by Crippen LogP contribution is 2.22. The highest BCUT2D eigenvalue weighted by atomic mass is 79.9. The van der Waals surface area contributed by atoms with Crippen LogP contribution in [0, 0.1) is 11.3 Å². The van der Waals surface area contributed by atoms with Crippen molar-refractivity contribution >= 4 is 15.9 Å². The number of rotatable bonds is 5. The first kappa shape index (κ1) is 13.2. The summed E-state index contributed by atoms with van der Waals surface area (Å²) in [6.07, 6.45) is 0.473. The van der Waals surface area contributed by atoms with E-state index in [-0.39, 0.29) is 12.6 Å². The van der Waals surface area contributed by atoms with Gasteiger partial charge in [-0.1, -0.05) is 28.1 Å². The van der Waals surface area contributed by atoms with Gasteiger partial charge < -0.3 is 5.11 Å². The topological polar surface area (TPSA) is 47.3 Å². The van der Waals surface area contributed by atoms with Crippen LogP contribution in [0.3, 0.4) is 0 Å². The average molecular weight is 283 g/mol. The predicted octanol–water partition coefficient (Wildman–Crippen LogP) is 2.33. The Bertz CT molecular complexity index is 376. The van der Waals surface area contributed by atoms with E-state index in [0.717, 1.165) is 10.0 Å². The van der Waals surface area contributed by atoms with E-state index < -0.39 is 0 Å². The summed E-state index contributed by atoms with van der Waals surface area (Å²) in [6.45, 7) is 0.715. The third-order valence-electron chi connectivity index (χ3n) is 2.51. The zero-order valence-corrected chi connectivity index (χ0v) is 10.8. The van der Waals surface area contributed by atoms with Gasteiger partial charge in [0.05, 0.1) is 18.7 Å². The van der Waals surface area contributed by atoms with Crippen LogP contribution in [0.2, 0.25) is 0 Å². The normalized spacial score (nSPS) is 12.4. The molecule has 0 saturated carbocycles. The quantitative estimate of drug-likeness (QED) is 0.902. The van der Waals surface area contributed by atoms with E-state index in [1.165, 1.54) is 0 Å². The minimum atomic E-state index is -0.0501. The average Bonchev–Trinajstić information content (AvgIpc) is 2.27. The van der Waals surface area contributed by atoms with Crippen molar-refractivity contribution < 1.29 is 5.11 Å². The fourth-order valence-corrected chi connectivity index (χ4v) is 2.01. The summed E-state index contributed by atoms with van der Waals surface area (Å²) in [6, 6.07) is 9.92. The molecule has 1 aromatic carbocycles. The Hall–Kier alpha value is -0.890. The van der Waals surface area contributed by atoms with Gasteiger partial charge in [-0.25, -0.2) is 0 Å². The maximum absolute atomic E-state index is 9.40. The summed E-state index contributed by atoms with van der Waals surface area (Å²) < 4.78 is 0.997. The summed E-state index contributed by atoms with van der Waals surface area (Å²) in [7, 11) is 1.92.